The first kappa shape index (κ1) is 18.3. The molecule has 0 saturated heterocycles. The number of unbranched alkanes of at least 4 members (excludes halogenated alkanes) is 1. The van der Waals surface area contributed by atoms with E-state index >= 15 is 0 Å². The lowest BCUT2D eigenvalue weighted by molar-refractivity contribution is 0.983. The summed E-state index contributed by atoms with van der Waals surface area (Å²) in [6, 6.07) is 13.6. The van der Waals surface area contributed by atoms with Gasteiger partial charge in [0.05, 0.1) is 16.9 Å². The second-order valence-electron chi connectivity index (χ2n) is 5.81. The van der Waals surface area contributed by atoms with Crippen LogP contribution in [0.5, 0.6) is 0 Å². The Labute approximate surface area is 163 Å². The van der Waals surface area contributed by atoms with Crippen LogP contribution in [0.25, 0.3) is 23.4 Å². The summed E-state index contributed by atoms with van der Waals surface area (Å²) in [5.74, 6) is 7.08. The van der Waals surface area contributed by atoms with Crippen LogP contribution in [0.3, 0.4) is 0 Å². The molecule has 4 heteroatoms. The minimum atomic E-state index is 0.594. The molecule has 1 heterocycles. The first-order chi connectivity index (χ1) is 12.7. The number of nitrogens with one attached hydrogen (secondary N) is 1. The topological polar surface area (TPSA) is 28.7 Å². The predicted molar refractivity (Wildman–Crippen MR) is 111 cm³/mol. The van der Waals surface area contributed by atoms with Gasteiger partial charge in [-0.3, -0.25) is 0 Å². The molecule has 0 amide bonds. The van der Waals surface area contributed by atoms with Gasteiger partial charge in [-0.2, -0.15) is 0 Å². The van der Waals surface area contributed by atoms with Crippen molar-refractivity contribution in [2.75, 3.05) is 0 Å². The number of benzene rings is 2. The van der Waals surface area contributed by atoms with E-state index in [0.29, 0.717) is 10.0 Å². The zero-order valence-corrected chi connectivity index (χ0v) is 15.9. The highest BCUT2D eigenvalue weighted by molar-refractivity contribution is 6.36. The Morgan fingerprint density at radius 2 is 1.88 bits per heavy atom. The number of rotatable bonds is 4. The van der Waals surface area contributed by atoms with E-state index in [-0.39, 0.29) is 0 Å². The lowest BCUT2D eigenvalue weighted by Crippen LogP contribution is -1.81. The van der Waals surface area contributed by atoms with Crippen molar-refractivity contribution in [3.8, 4) is 23.1 Å². The Kier molecular flexibility index (Phi) is 6.17. The summed E-state index contributed by atoms with van der Waals surface area (Å²) < 4.78 is 0. The van der Waals surface area contributed by atoms with Gasteiger partial charge in [0, 0.05) is 22.6 Å². The molecule has 3 rings (SSSR count). The summed E-state index contributed by atoms with van der Waals surface area (Å²) in [7, 11) is 0. The summed E-state index contributed by atoms with van der Waals surface area (Å²) in [6.45, 7) is 2.13. The number of imidazole rings is 1. The van der Waals surface area contributed by atoms with Crippen molar-refractivity contribution < 1.29 is 0 Å². The van der Waals surface area contributed by atoms with E-state index in [9.17, 15) is 0 Å². The second kappa shape index (κ2) is 8.76. The van der Waals surface area contributed by atoms with Crippen LogP contribution in [-0.4, -0.2) is 9.97 Å². The molecule has 26 heavy (non-hydrogen) atoms. The maximum Gasteiger partial charge on any atom is 0.130 e. The van der Waals surface area contributed by atoms with Crippen molar-refractivity contribution in [1.29, 1.82) is 0 Å². The lowest BCUT2D eigenvalue weighted by atomic mass is 10.1. The molecule has 0 saturated carbocycles. The van der Waals surface area contributed by atoms with E-state index < -0.39 is 0 Å². The van der Waals surface area contributed by atoms with Gasteiger partial charge in [0.25, 0.3) is 0 Å². The smallest absolute Gasteiger partial charge is 0.130 e. The number of hydrogen-bond donors (Lipinski definition) is 1. The third kappa shape index (κ3) is 4.79. The fraction of sp³-hybridized carbons (Fsp3) is 0.136. The van der Waals surface area contributed by atoms with Gasteiger partial charge in [0.1, 0.15) is 5.82 Å². The highest BCUT2D eigenvalue weighted by Crippen LogP contribution is 2.29. The van der Waals surface area contributed by atoms with Crippen molar-refractivity contribution >= 4 is 35.4 Å². The van der Waals surface area contributed by atoms with Crippen LogP contribution < -0.4 is 0 Å². The van der Waals surface area contributed by atoms with Crippen LogP contribution in [0, 0.1) is 11.8 Å². The molecule has 0 aliphatic rings. The van der Waals surface area contributed by atoms with Gasteiger partial charge >= 0.3 is 0 Å². The average Bonchev–Trinajstić information content (AvgIpc) is 3.10. The van der Waals surface area contributed by atoms with Gasteiger partial charge in [0.2, 0.25) is 0 Å². The summed E-state index contributed by atoms with van der Waals surface area (Å²) in [6.07, 6.45) is 7.72. The van der Waals surface area contributed by atoms with Gasteiger partial charge in [-0.1, -0.05) is 60.2 Å². The molecular weight excluding hydrogens is 363 g/mol. The van der Waals surface area contributed by atoms with Crippen molar-refractivity contribution in [3.63, 3.8) is 0 Å². The quantitative estimate of drug-likeness (QED) is 0.500. The molecule has 0 atom stereocenters. The molecule has 0 spiro atoms. The molecule has 0 aliphatic carbocycles. The van der Waals surface area contributed by atoms with E-state index in [1.807, 2.05) is 48.6 Å². The highest BCUT2D eigenvalue weighted by Gasteiger charge is 2.06. The molecule has 0 bridgehead atoms. The maximum absolute atomic E-state index is 6.25. The lowest BCUT2D eigenvalue weighted by Gasteiger charge is -2.01. The van der Waals surface area contributed by atoms with Crippen molar-refractivity contribution in [1.82, 2.24) is 9.97 Å². The average molecular weight is 381 g/mol. The predicted octanol–water partition coefficient (Wildman–Crippen LogP) is 6.71. The highest BCUT2D eigenvalue weighted by atomic mass is 35.5. The molecule has 1 aromatic heterocycles. The minimum Gasteiger partial charge on any atom is -0.338 e. The number of aromatic amines is 1. The molecule has 2 nitrogen and oxygen atoms in total. The Morgan fingerprint density at radius 3 is 2.62 bits per heavy atom. The summed E-state index contributed by atoms with van der Waals surface area (Å²) >= 11 is 12.2. The van der Waals surface area contributed by atoms with Crippen LogP contribution in [0.2, 0.25) is 10.0 Å². The third-order valence-electron chi connectivity index (χ3n) is 3.77. The first-order valence-corrected chi connectivity index (χ1v) is 9.19. The third-order valence-corrected chi connectivity index (χ3v) is 4.32. The van der Waals surface area contributed by atoms with Crippen molar-refractivity contribution in [2.24, 2.45) is 0 Å². The summed E-state index contributed by atoms with van der Waals surface area (Å²) in [5.41, 5.74) is 3.85. The number of halogens is 2. The number of aromatic nitrogens is 2. The Hall–Kier alpha value is -2.47. The molecule has 3 aromatic rings. The maximum atomic E-state index is 6.25. The molecule has 1 N–H and O–H groups in total. The van der Waals surface area contributed by atoms with Crippen molar-refractivity contribution in [2.45, 2.75) is 19.8 Å². The molecule has 0 fully saturated rings. The minimum absolute atomic E-state index is 0.594. The van der Waals surface area contributed by atoms with Gasteiger partial charge in [-0.15, -0.1) is 0 Å². The SMILES string of the molecule is CCCC#Cc1ccc(/C=C/c2ncc(-c3ccc(Cl)cc3Cl)[nH]2)cc1. The van der Waals surface area contributed by atoms with E-state index in [0.717, 1.165) is 41.1 Å². The Morgan fingerprint density at radius 1 is 1.08 bits per heavy atom. The Balaban J connectivity index is 1.72. The van der Waals surface area contributed by atoms with E-state index in [1.165, 1.54) is 0 Å². The normalized spacial score (nSPS) is 10.7. The molecule has 0 radical (unpaired) electrons. The van der Waals surface area contributed by atoms with Crippen LogP contribution in [-0.2, 0) is 0 Å². The van der Waals surface area contributed by atoms with Gasteiger partial charge in [0.15, 0.2) is 0 Å². The largest absolute Gasteiger partial charge is 0.338 e. The van der Waals surface area contributed by atoms with Crippen LogP contribution in [0.4, 0.5) is 0 Å². The molecule has 2 aromatic carbocycles. The molecule has 0 unspecified atom stereocenters. The zero-order chi connectivity index (χ0) is 18.4. The van der Waals surface area contributed by atoms with Gasteiger partial charge in [-0.05, 0) is 48.4 Å². The summed E-state index contributed by atoms with van der Waals surface area (Å²) in [4.78, 5) is 7.64. The van der Waals surface area contributed by atoms with Crippen molar-refractivity contribution in [3.05, 3.63) is 75.7 Å². The number of H-pyrrole nitrogens is 1. The van der Waals surface area contributed by atoms with E-state index in [1.54, 1.807) is 12.3 Å². The van der Waals surface area contributed by atoms with Gasteiger partial charge in [-0.25, -0.2) is 4.98 Å². The molecular formula is C22H18Cl2N2. The Bertz CT molecular complexity index is 973. The standard InChI is InChI=1S/C22H18Cl2N2/c1-2-3-4-5-16-6-8-17(9-7-16)10-13-22-25-15-21(26-22)19-12-11-18(23)14-20(19)24/h6-15H,2-3H2,1H3,(H,25,26)/b13-10+. The van der Waals surface area contributed by atoms with E-state index in [4.69, 9.17) is 23.2 Å². The summed E-state index contributed by atoms with van der Waals surface area (Å²) in [5, 5.41) is 1.21. The molecule has 0 aliphatic heterocycles. The van der Waals surface area contributed by atoms with Crippen LogP contribution >= 0.6 is 23.2 Å². The number of hydrogen-bond acceptors (Lipinski definition) is 1. The fourth-order valence-electron chi connectivity index (χ4n) is 2.41. The number of nitrogens with zero attached hydrogens (tertiary/aromatic N) is 1. The fourth-order valence-corrected chi connectivity index (χ4v) is 2.92. The first-order valence-electron chi connectivity index (χ1n) is 8.43. The second-order valence-corrected chi connectivity index (χ2v) is 6.66. The molecule has 130 valence electrons. The van der Waals surface area contributed by atoms with Crippen LogP contribution in [0.15, 0.2) is 48.7 Å². The van der Waals surface area contributed by atoms with Crippen LogP contribution in [0.1, 0.15) is 36.7 Å². The van der Waals surface area contributed by atoms with E-state index in [2.05, 4.69) is 28.7 Å². The van der Waals surface area contributed by atoms with Gasteiger partial charge < -0.3 is 4.98 Å². The zero-order valence-electron chi connectivity index (χ0n) is 14.4. The monoisotopic (exact) mass is 380 g/mol.